The molecule has 3 heteroatoms. The van der Waals surface area contributed by atoms with Crippen LogP contribution in [0.3, 0.4) is 0 Å². The first-order chi connectivity index (χ1) is 7.84. The van der Waals surface area contributed by atoms with Crippen LogP contribution in [0.15, 0.2) is 53.3 Å². The van der Waals surface area contributed by atoms with E-state index in [1.54, 1.807) is 24.6 Å². The van der Waals surface area contributed by atoms with Gasteiger partial charge < -0.3 is 4.42 Å². The summed E-state index contributed by atoms with van der Waals surface area (Å²) in [5.74, 6) is -0.247. The number of hydrogen-bond acceptors (Lipinski definition) is 2. The van der Waals surface area contributed by atoms with Crippen molar-refractivity contribution < 1.29 is 8.81 Å². The second-order valence-corrected chi connectivity index (χ2v) is 3.50. The largest absolute Gasteiger partial charge is 0.464 e. The van der Waals surface area contributed by atoms with Gasteiger partial charge >= 0.3 is 0 Å². The van der Waals surface area contributed by atoms with E-state index in [9.17, 15) is 4.39 Å². The van der Waals surface area contributed by atoms with Crippen LogP contribution in [0.4, 0.5) is 4.39 Å². The predicted molar refractivity (Wildman–Crippen MR) is 59.4 cm³/mol. The number of rotatable bonds is 1. The zero-order valence-corrected chi connectivity index (χ0v) is 8.35. The molecule has 0 N–H and O–H groups in total. The standard InChI is InChI=1S/C13H8FNO/c14-10-3-1-9(2-4-10)13-11-6-8-16-12(11)5-7-15-13/h1-8H. The molecule has 2 heterocycles. The van der Waals surface area contributed by atoms with E-state index >= 15 is 0 Å². The van der Waals surface area contributed by atoms with Gasteiger partial charge in [-0.15, -0.1) is 0 Å². The fourth-order valence-corrected chi connectivity index (χ4v) is 1.73. The van der Waals surface area contributed by atoms with Crippen LogP contribution < -0.4 is 0 Å². The molecule has 0 bridgehead atoms. The molecule has 1 aromatic carbocycles. The van der Waals surface area contributed by atoms with Crippen LogP contribution in [0.5, 0.6) is 0 Å². The number of nitrogens with zero attached hydrogens (tertiary/aromatic N) is 1. The highest BCUT2D eigenvalue weighted by atomic mass is 19.1. The lowest BCUT2D eigenvalue weighted by molar-refractivity contribution is 0.615. The fraction of sp³-hybridized carbons (Fsp3) is 0. The number of hydrogen-bond donors (Lipinski definition) is 0. The van der Waals surface area contributed by atoms with Gasteiger partial charge in [-0.1, -0.05) is 0 Å². The van der Waals surface area contributed by atoms with Gasteiger partial charge in [0.25, 0.3) is 0 Å². The molecule has 0 saturated heterocycles. The average molecular weight is 213 g/mol. The van der Waals surface area contributed by atoms with Gasteiger partial charge in [-0.25, -0.2) is 4.39 Å². The maximum Gasteiger partial charge on any atom is 0.137 e. The van der Waals surface area contributed by atoms with Crippen molar-refractivity contribution in [1.29, 1.82) is 0 Å². The van der Waals surface area contributed by atoms with Gasteiger partial charge in [-0.05, 0) is 36.4 Å². The van der Waals surface area contributed by atoms with Gasteiger partial charge in [0.2, 0.25) is 0 Å². The first-order valence-corrected chi connectivity index (χ1v) is 4.93. The molecule has 2 aromatic heterocycles. The quantitative estimate of drug-likeness (QED) is 0.616. The third-order valence-electron chi connectivity index (χ3n) is 2.50. The van der Waals surface area contributed by atoms with Crippen molar-refractivity contribution in [3.8, 4) is 11.3 Å². The SMILES string of the molecule is Fc1ccc(-c2nccc3occc23)cc1. The van der Waals surface area contributed by atoms with Crippen molar-refractivity contribution >= 4 is 11.0 Å². The van der Waals surface area contributed by atoms with Gasteiger partial charge in [0.15, 0.2) is 0 Å². The van der Waals surface area contributed by atoms with Gasteiger partial charge in [-0.3, -0.25) is 4.98 Å². The first kappa shape index (κ1) is 9.09. The Hall–Kier alpha value is -2.16. The highest BCUT2D eigenvalue weighted by Crippen LogP contribution is 2.26. The maximum atomic E-state index is 12.8. The van der Waals surface area contributed by atoms with E-state index in [1.165, 1.54) is 12.1 Å². The molecule has 0 spiro atoms. The van der Waals surface area contributed by atoms with Crippen LogP contribution in [0.1, 0.15) is 0 Å². The van der Waals surface area contributed by atoms with E-state index in [4.69, 9.17) is 4.42 Å². The Morgan fingerprint density at radius 1 is 1.00 bits per heavy atom. The number of benzene rings is 1. The molecule has 2 nitrogen and oxygen atoms in total. The Balaban J connectivity index is 2.25. The van der Waals surface area contributed by atoms with E-state index < -0.39 is 0 Å². The molecule has 16 heavy (non-hydrogen) atoms. The predicted octanol–water partition coefficient (Wildman–Crippen LogP) is 3.63. The molecule has 0 amide bonds. The van der Waals surface area contributed by atoms with Crippen molar-refractivity contribution in [2.24, 2.45) is 0 Å². The third kappa shape index (κ3) is 1.37. The molecule has 0 aliphatic carbocycles. The van der Waals surface area contributed by atoms with E-state index in [0.717, 1.165) is 22.2 Å². The second kappa shape index (κ2) is 3.45. The zero-order valence-electron chi connectivity index (χ0n) is 8.35. The van der Waals surface area contributed by atoms with Crippen molar-refractivity contribution in [2.75, 3.05) is 0 Å². The van der Waals surface area contributed by atoms with Crippen molar-refractivity contribution in [1.82, 2.24) is 4.98 Å². The molecule has 0 aliphatic heterocycles. The molecule has 0 unspecified atom stereocenters. The smallest absolute Gasteiger partial charge is 0.137 e. The minimum Gasteiger partial charge on any atom is -0.464 e. The molecule has 0 aliphatic rings. The number of furan rings is 1. The summed E-state index contributed by atoms with van der Waals surface area (Å²) >= 11 is 0. The molecule has 3 rings (SSSR count). The van der Waals surface area contributed by atoms with Crippen LogP contribution in [-0.2, 0) is 0 Å². The van der Waals surface area contributed by atoms with Crippen LogP contribution in [0.25, 0.3) is 22.2 Å². The molecule has 78 valence electrons. The highest BCUT2D eigenvalue weighted by Gasteiger charge is 2.06. The van der Waals surface area contributed by atoms with Crippen LogP contribution in [0.2, 0.25) is 0 Å². The summed E-state index contributed by atoms with van der Waals surface area (Å²) in [5, 5.41) is 0.939. The lowest BCUT2D eigenvalue weighted by atomic mass is 10.1. The molecule has 0 atom stereocenters. The van der Waals surface area contributed by atoms with E-state index in [2.05, 4.69) is 4.98 Å². The zero-order chi connectivity index (χ0) is 11.0. The summed E-state index contributed by atoms with van der Waals surface area (Å²) in [6, 6.07) is 9.95. The van der Waals surface area contributed by atoms with Crippen LogP contribution >= 0.6 is 0 Å². The van der Waals surface area contributed by atoms with E-state index in [0.29, 0.717) is 0 Å². The lowest BCUT2D eigenvalue weighted by Crippen LogP contribution is -1.83. The Morgan fingerprint density at radius 3 is 2.62 bits per heavy atom. The van der Waals surface area contributed by atoms with Crippen LogP contribution in [0, 0.1) is 5.82 Å². The molecular formula is C13H8FNO. The minimum atomic E-state index is -0.247. The monoisotopic (exact) mass is 213 g/mol. The highest BCUT2D eigenvalue weighted by molar-refractivity contribution is 5.91. The van der Waals surface area contributed by atoms with Crippen molar-refractivity contribution in [2.45, 2.75) is 0 Å². The Bertz CT molecular complexity index is 628. The Labute approximate surface area is 91.3 Å². The number of halogens is 1. The molecular weight excluding hydrogens is 205 g/mol. The first-order valence-electron chi connectivity index (χ1n) is 4.93. The van der Waals surface area contributed by atoms with Gasteiger partial charge in [0.1, 0.15) is 11.4 Å². The number of pyridine rings is 1. The van der Waals surface area contributed by atoms with E-state index in [1.807, 2.05) is 12.1 Å². The van der Waals surface area contributed by atoms with Gasteiger partial charge in [0.05, 0.1) is 12.0 Å². The molecule has 3 aromatic rings. The van der Waals surface area contributed by atoms with Crippen molar-refractivity contribution in [3.05, 3.63) is 54.7 Å². The molecule has 0 fully saturated rings. The Morgan fingerprint density at radius 2 is 1.81 bits per heavy atom. The number of fused-ring (bicyclic) bond motifs is 1. The second-order valence-electron chi connectivity index (χ2n) is 3.50. The van der Waals surface area contributed by atoms with Gasteiger partial charge in [-0.2, -0.15) is 0 Å². The molecule has 0 radical (unpaired) electrons. The fourth-order valence-electron chi connectivity index (χ4n) is 1.73. The van der Waals surface area contributed by atoms with Gasteiger partial charge in [0, 0.05) is 17.1 Å². The summed E-state index contributed by atoms with van der Waals surface area (Å²) in [6.45, 7) is 0. The third-order valence-corrected chi connectivity index (χ3v) is 2.50. The summed E-state index contributed by atoms with van der Waals surface area (Å²) in [5.41, 5.74) is 2.48. The average Bonchev–Trinajstić information content (AvgIpc) is 2.78. The van der Waals surface area contributed by atoms with E-state index in [-0.39, 0.29) is 5.82 Å². The normalized spacial score (nSPS) is 10.8. The Kier molecular flexibility index (Phi) is 1.96. The summed E-state index contributed by atoms with van der Waals surface area (Å²) in [4.78, 5) is 4.30. The maximum absolute atomic E-state index is 12.8. The topological polar surface area (TPSA) is 26.0 Å². The number of aromatic nitrogens is 1. The summed E-state index contributed by atoms with van der Waals surface area (Å²) in [7, 11) is 0. The van der Waals surface area contributed by atoms with Crippen LogP contribution in [-0.4, -0.2) is 4.98 Å². The molecule has 0 saturated carbocycles. The van der Waals surface area contributed by atoms with Crippen molar-refractivity contribution in [3.63, 3.8) is 0 Å². The lowest BCUT2D eigenvalue weighted by Gasteiger charge is -2.01. The minimum absolute atomic E-state index is 0.247. The summed E-state index contributed by atoms with van der Waals surface area (Å²) < 4.78 is 18.1. The summed E-state index contributed by atoms with van der Waals surface area (Å²) in [6.07, 6.45) is 3.31.